The van der Waals surface area contributed by atoms with Gasteiger partial charge in [0.15, 0.2) is 11.7 Å². The van der Waals surface area contributed by atoms with Crippen molar-refractivity contribution in [3.05, 3.63) is 81.6 Å². The van der Waals surface area contributed by atoms with Gasteiger partial charge in [-0.15, -0.1) is 0 Å². The summed E-state index contributed by atoms with van der Waals surface area (Å²) in [6.07, 6.45) is -4.72. The Labute approximate surface area is 199 Å². The molecule has 5 nitrogen and oxygen atoms in total. The average molecular weight is 497 g/mol. The summed E-state index contributed by atoms with van der Waals surface area (Å²) in [6.45, 7) is 3.45. The van der Waals surface area contributed by atoms with Gasteiger partial charge in [0.25, 0.3) is 5.91 Å². The Kier molecular flexibility index (Phi) is 6.59. The van der Waals surface area contributed by atoms with E-state index in [2.05, 4.69) is 10.00 Å². The van der Waals surface area contributed by atoms with Gasteiger partial charge in [0, 0.05) is 36.9 Å². The van der Waals surface area contributed by atoms with E-state index >= 15 is 0 Å². The van der Waals surface area contributed by atoms with Gasteiger partial charge in [0.05, 0.1) is 10.7 Å². The molecule has 0 spiro atoms. The van der Waals surface area contributed by atoms with Crippen LogP contribution in [-0.4, -0.2) is 46.8 Å². The molecule has 0 bridgehead atoms. The SMILES string of the molecule is Cc1c(Cl)c(C(F)(F)F)nn1C(C(=O)N1CCN(c2ccc(Cl)cc2)CC1)c1ccccc1. The number of anilines is 1. The number of aromatic nitrogens is 2. The first-order valence-corrected chi connectivity index (χ1v) is 11.1. The summed E-state index contributed by atoms with van der Waals surface area (Å²) in [5, 5.41) is 3.88. The minimum Gasteiger partial charge on any atom is -0.368 e. The van der Waals surface area contributed by atoms with E-state index in [1.54, 1.807) is 35.2 Å². The van der Waals surface area contributed by atoms with Crippen molar-refractivity contribution < 1.29 is 18.0 Å². The number of benzene rings is 2. The van der Waals surface area contributed by atoms with Crippen LogP contribution in [0.5, 0.6) is 0 Å². The molecule has 1 unspecified atom stereocenters. The van der Waals surface area contributed by atoms with Gasteiger partial charge >= 0.3 is 6.18 Å². The fraction of sp³-hybridized carbons (Fsp3) is 0.304. The number of nitrogens with zero attached hydrogens (tertiary/aromatic N) is 4. The van der Waals surface area contributed by atoms with E-state index in [4.69, 9.17) is 23.2 Å². The molecule has 0 saturated carbocycles. The molecule has 1 saturated heterocycles. The second-order valence-electron chi connectivity index (χ2n) is 7.79. The number of amides is 1. The summed E-state index contributed by atoms with van der Waals surface area (Å²) in [7, 11) is 0. The third kappa shape index (κ3) is 4.82. The smallest absolute Gasteiger partial charge is 0.368 e. The maximum Gasteiger partial charge on any atom is 0.436 e. The van der Waals surface area contributed by atoms with E-state index in [0.29, 0.717) is 36.8 Å². The maximum absolute atomic E-state index is 13.6. The summed E-state index contributed by atoms with van der Waals surface area (Å²) >= 11 is 11.9. The topological polar surface area (TPSA) is 41.4 Å². The first kappa shape index (κ1) is 23.4. The average Bonchev–Trinajstić information content (AvgIpc) is 3.10. The highest BCUT2D eigenvalue weighted by atomic mass is 35.5. The van der Waals surface area contributed by atoms with Crippen molar-refractivity contribution in [1.29, 1.82) is 0 Å². The van der Waals surface area contributed by atoms with Crippen LogP contribution in [0.1, 0.15) is 23.0 Å². The van der Waals surface area contributed by atoms with Crippen molar-refractivity contribution in [3.8, 4) is 0 Å². The van der Waals surface area contributed by atoms with Crippen LogP contribution in [-0.2, 0) is 11.0 Å². The molecule has 33 heavy (non-hydrogen) atoms. The molecule has 1 aliphatic rings. The van der Waals surface area contributed by atoms with Crippen LogP contribution >= 0.6 is 23.2 Å². The lowest BCUT2D eigenvalue weighted by Gasteiger charge is -2.37. The second kappa shape index (κ2) is 9.27. The molecule has 1 amide bonds. The third-order valence-electron chi connectivity index (χ3n) is 5.72. The van der Waals surface area contributed by atoms with Crippen LogP contribution < -0.4 is 4.90 Å². The monoisotopic (exact) mass is 496 g/mol. The normalized spacial score (nSPS) is 15.6. The van der Waals surface area contributed by atoms with Crippen LogP contribution in [0.4, 0.5) is 18.9 Å². The zero-order valence-corrected chi connectivity index (χ0v) is 19.2. The maximum atomic E-state index is 13.6. The van der Waals surface area contributed by atoms with Gasteiger partial charge in [0.1, 0.15) is 0 Å². The molecule has 10 heteroatoms. The minimum atomic E-state index is -4.72. The van der Waals surface area contributed by atoms with Crippen LogP contribution in [0.15, 0.2) is 54.6 Å². The van der Waals surface area contributed by atoms with Crippen LogP contribution in [0.2, 0.25) is 10.0 Å². The first-order valence-electron chi connectivity index (χ1n) is 10.3. The van der Waals surface area contributed by atoms with Crippen LogP contribution in [0.25, 0.3) is 0 Å². The minimum absolute atomic E-state index is 0.0889. The third-order valence-corrected chi connectivity index (χ3v) is 6.43. The molecule has 1 atom stereocenters. The summed E-state index contributed by atoms with van der Waals surface area (Å²) < 4.78 is 41.4. The summed E-state index contributed by atoms with van der Waals surface area (Å²) in [6, 6.07) is 15.1. The molecule has 1 aliphatic heterocycles. The molecular formula is C23H21Cl2F3N4O. The predicted octanol–water partition coefficient (Wildman–Crippen LogP) is 5.46. The first-order chi connectivity index (χ1) is 15.7. The van der Waals surface area contributed by atoms with E-state index in [9.17, 15) is 18.0 Å². The summed E-state index contributed by atoms with van der Waals surface area (Å²) in [5.74, 6) is -0.326. The molecule has 2 aromatic carbocycles. The van der Waals surface area contributed by atoms with Gasteiger partial charge in [-0.2, -0.15) is 18.3 Å². The molecule has 0 radical (unpaired) electrons. The second-order valence-corrected chi connectivity index (χ2v) is 8.61. The van der Waals surface area contributed by atoms with Crippen molar-refractivity contribution >= 4 is 34.8 Å². The highest BCUT2D eigenvalue weighted by Crippen LogP contribution is 2.37. The van der Waals surface area contributed by atoms with Gasteiger partial charge in [0.2, 0.25) is 0 Å². The summed E-state index contributed by atoms with van der Waals surface area (Å²) in [4.78, 5) is 17.4. The molecule has 0 aliphatic carbocycles. The number of carbonyl (C=O) groups is 1. The van der Waals surface area contributed by atoms with Gasteiger partial charge < -0.3 is 9.80 Å². The van der Waals surface area contributed by atoms with Crippen molar-refractivity contribution in [1.82, 2.24) is 14.7 Å². The number of halogens is 5. The number of piperazine rings is 1. The Morgan fingerprint density at radius 2 is 1.58 bits per heavy atom. The highest BCUT2D eigenvalue weighted by molar-refractivity contribution is 6.32. The molecule has 1 fully saturated rings. The van der Waals surface area contributed by atoms with Crippen LogP contribution in [0, 0.1) is 6.92 Å². The zero-order chi connectivity index (χ0) is 23.8. The predicted molar refractivity (Wildman–Crippen MR) is 122 cm³/mol. The quantitative estimate of drug-likeness (QED) is 0.481. The molecule has 174 valence electrons. The van der Waals surface area contributed by atoms with Gasteiger partial charge in [-0.1, -0.05) is 53.5 Å². The van der Waals surface area contributed by atoms with Crippen molar-refractivity contribution in [3.63, 3.8) is 0 Å². The Balaban J connectivity index is 1.62. The fourth-order valence-electron chi connectivity index (χ4n) is 3.96. The molecule has 2 heterocycles. The highest BCUT2D eigenvalue weighted by Gasteiger charge is 2.40. The van der Waals surface area contributed by atoms with E-state index in [0.717, 1.165) is 10.4 Å². The van der Waals surface area contributed by atoms with Gasteiger partial charge in [-0.3, -0.25) is 9.48 Å². The lowest BCUT2D eigenvalue weighted by Crippen LogP contribution is -2.51. The number of hydrogen-bond donors (Lipinski definition) is 0. The van der Waals surface area contributed by atoms with Crippen LogP contribution in [0.3, 0.4) is 0 Å². The van der Waals surface area contributed by atoms with Gasteiger partial charge in [-0.05, 0) is 36.8 Å². The fourth-order valence-corrected chi connectivity index (χ4v) is 4.32. The van der Waals surface area contributed by atoms with E-state index in [1.807, 2.05) is 24.3 Å². The number of rotatable bonds is 4. The van der Waals surface area contributed by atoms with E-state index < -0.39 is 22.9 Å². The molecule has 3 aromatic rings. The Morgan fingerprint density at radius 3 is 2.12 bits per heavy atom. The van der Waals surface area contributed by atoms with E-state index in [-0.39, 0.29) is 11.6 Å². The van der Waals surface area contributed by atoms with Crippen molar-refractivity contribution in [2.75, 3.05) is 31.1 Å². The molecule has 0 N–H and O–H groups in total. The van der Waals surface area contributed by atoms with E-state index in [1.165, 1.54) is 6.92 Å². The zero-order valence-electron chi connectivity index (χ0n) is 17.7. The van der Waals surface area contributed by atoms with Gasteiger partial charge in [-0.25, -0.2) is 0 Å². The Hall–Kier alpha value is -2.71. The van der Waals surface area contributed by atoms with Crippen molar-refractivity contribution in [2.24, 2.45) is 0 Å². The lowest BCUT2D eigenvalue weighted by atomic mass is 10.0. The standard InChI is InChI=1S/C23H21Cl2F3N4O/c1-15-19(25)21(23(26,27)28)29-32(15)20(16-5-3-2-4-6-16)22(33)31-13-11-30(12-14-31)18-9-7-17(24)8-10-18/h2-10,20H,11-14H2,1H3. The summed E-state index contributed by atoms with van der Waals surface area (Å²) in [5.41, 5.74) is 0.434. The Bertz CT molecular complexity index is 1130. The lowest BCUT2D eigenvalue weighted by molar-refractivity contribution is -0.142. The number of hydrogen-bond acceptors (Lipinski definition) is 3. The number of alkyl halides is 3. The Morgan fingerprint density at radius 1 is 0.970 bits per heavy atom. The largest absolute Gasteiger partial charge is 0.436 e. The number of carbonyl (C=O) groups excluding carboxylic acids is 1. The molecule has 1 aromatic heterocycles. The molecular weight excluding hydrogens is 476 g/mol. The van der Waals surface area contributed by atoms with Crippen molar-refractivity contribution in [2.45, 2.75) is 19.1 Å². The molecule has 4 rings (SSSR count).